The maximum absolute atomic E-state index is 13.8. The number of hydrogen-bond acceptors (Lipinski definition) is 4. The molecule has 3 N–H and O–H groups in total. The number of nitrogens with zero attached hydrogens (tertiary/aromatic N) is 1. The van der Waals surface area contributed by atoms with Crippen molar-refractivity contribution in [3.8, 4) is 16.9 Å². The fourth-order valence-electron chi connectivity index (χ4n) is 3.07. The van der Waals surface area contributed by atoms with E-state index in [1.165, 1.54) is 6.07 Å². The summed E-state index contributed by atoms with van der Waals surface area (Å²) in [5, 5.41) is 10.9. The van der Waals surface area contributed by atoms with Crippen molar-refractivity contribution in [1.82, 2.24) is 15.3 Å². The first-order chi connectivity index (χ1) is 15.0. The van der Waals surface area contributed by atoms with Gasteiger partial charge in [-0.1, -0.05) is 36.4 Å². The molecule has 0 aliphatic heterocycles. The first-order valence-electron chi connectivity index (χ1n) is 9.46. The molecule has 0 aliphatic carbocycles. The molecule has 4 aromatic rings. The minimum Gasteiger partial charge on any atom is -0.489 e. The highest BCUT2D eigenvalue weighted by molar-refractivity contribution is 5.96. The summed E-state index contributed by atoms with van der Waals surface area (Å²) >= 11 is 0. The lowest BCUT2D eigenvalue weighted by atomic mass is 10.0. The molecule has 0 radical (unpaired) electrons. The van der Waals surface area contributed by atoms with Gasteiger partial charge < -0.3 is 20.1 Å². The van der Waals surface area contributed by atoms with Crippen molar-refractivity contribution in [1.29, 1.82) is 0 Å². The molecule has 7 nitrogen and oxygen atoms in total. The van der Waals surface area contributed by atoms with Crippen LogP contribution < -0.4 is 10.1 Å². The fraction of sp³-hybridized carbons (Fsp3) is 0.0870. The molecule has 1 amide bonds. The zero-order valence-electron chi connectivity index (χ0n) is 16.3. The number of carboxylic acids is 1. The van der Waals surface area contributed by atoms with E-state index >= 15 is 0 Å². The average molecular weight is 419 g/mol. The highest BCUT2D eigenvalue weighted by atomic mass is 19.1. The monoisotopic (exact) mass is 419 g/mol. The minimum absolute atomic E-state index is 0.0374. The van der Waals surface area contributed by atoms with Crippen molar-refractivity contribution >= 4 is 22.9 Å². The number of benzene rings is 3. The van der Waals surface area contributed by atoms with E-state index in [1.54, 1.807) is 30.3 Å². The van der Waals surface area contributed by atoms with E-state index in [2.05, 4.69) is 15.3 Å². The number of hydrogen-bond donors (Lipinski definition) is 3. The van der Waals surface area contributed by atoms with Gasteiger partial charge in [0, 0.05) is 5.56 Å². The molecule has 0 fully saturated rings. The van der Waals surface area contributed by atoms with Crippen molar-refractivity contribution in [2.45, 2.75) is 6.61 Å². The summed E-state index contributed by atoms with van der Waals surface area (Å²) < 4.78 is 19.5. The fourth-order valence-corrected chi connectivity index (χ4v) is 3.07. The summed E-state index contributed by atoms with van der Waals surface area (Å²) in [6.45, 7) is -0.371. The van der Waals surface area contributed by atoms with Crippen LogP contribution in [0.4, 0.5) is 4.39 Å². The lowest BCUT2D eigenvalue weighted by Crippen LogP contribution is -2.29. The number of amides is 1. The second-order valence-corrected chi connectivity index (χ2v) is 6.80. The Morgan fingerprint density at radius 2 is 1.84 bits per heavy atom. The Morgan fingerprint density at radius 1 is 1.03 bits per heavy atom. The van der Waals surface area contributed by atoms with Crippen molar-refractivity contribution in [2.75, 3.05) is 6.54 Å². The Labute approximate surface area is 176 Å². The number of H-pyrrole nitrogens is 1. The number of aliphatic carboxylic acids is 1. The topological polar surface area (TPSA) is 104 Å². The zero-order valence-corrected chi connectivity index (χ0v) is 16.3. The summed E-state index contributed by atoms with van der Waals surface area (Å²) in [5.41, 5.74) is 3.41. The molecule has 4 rings (SSSR count). The molecule has 8 heteroatoms. The normalized spacial score (nSPS) is 10.7. The Balaban J connectivity index is 1.53. The Bertz CT molecular complexity index is 1270. The van der Waals surface area contributed by atoms with Gasteiger partial charge in [0.1, 0.15) is 24.7 Å². The second kappa shape index (κ2) is 8.66. The summed E-state index contributed by atoms with van der Waals surface area (Å²) in [5.74, 6) is -1.41. The van der Waals surface area contributed by atoms with Crippen LogP contribution in [0.25, 0.3) is 22.2 Å². The lowest BCUT2D eigenvalue weighted by Gasteiger charge is -2.09. The standard InChI is InChI=1S/C23H18FN3O4/c24-18-7-2-1-4-16(18)13-31-17-6-3-5-14(10-17)15-8-9-19-20(11-15)27-22(26-19)23(30)25-12-21(28)29/h1-11H,12-13H2,(H,25,30)(H,26,27)(H,28,29). The van der Waals surface area contributed by atoms with Gasteiger partial charge in [-0.2, -0.15) is 0 Å². The number of carbonyl (C=O) groups is 2. The number of aromatic amines is 1. The van der Waals surface area contributed by atoms with Crippen molar-refractivity contribution in [3.05, 3.63) is 83.9 Å². The summed E-state index contributed by atoms with van der Waals surface area (Å²) in [6.07, 6.45) is 0. The largest absolute Gasteiger partial charge is 0.489 e. The number of imidazole rings is 1. The summed E-state index contributed by atoms with van der Waals surface area (Å²) in [7, 11) is 0. The molecule has 1 aromatic heterocycles. The second-order valence-electron chi connectivity index (χ2n) is 6.80. The van der Waals surface area contributed by atoms with Crippen LogP contribution in [-0.4, -0.2) is 33.5 Å². The molecule has 1 heterocycles. The third kappa shape index (κ3) is 4.69. The van der Waals surface area contributed by atoms with E-state index < -0.39 is 18.4 Å². The molecule has 0 aliphatic rings. The lowest BCUT2D eigenvalue weighted by molar-refractivity contribution is -0.135. The van der Waals surface area contributed by atoms with Gasteiger partial charge in [-0.15, -0.1) is 0 Å². The van der Waals surface area contributed by atoms with Gasteiger partial charge in [-0.25, -0.2) is 9.37 Å². The van der Waals surface area contributed by atoms with Crippen molar-refractivity contribution < 1.29 is 23.8 Å². The van der Waals surface area contributed by atoms with E-state index in [1.807, 2.05) is 30.3 Å². The number of aromatic nitrogens is 2. The number of nitrogens with one attached hydrogen (secondary N) is 2. The highest BCUT2D eigenvalue weighted by Crippen LogP contribution is 2.27. The first kappa shape index (κ1) is 20.1. The van der Waals surface area contributed by atoms with E-state index in [-0.39, 0.29) is 18.2 Å². The van der Waals surface area contributed by atoms with Crippen molar-refractivity contribution in [3.63, 3.8) is 0 Å². The van der Waals surface area contributed by atoms with E-state index in [9.17, 15) is 14.0 Å². The third-order valence-corrected chi connectivity index (χ3v) is 4.62. The predicted octanol–water partition coefficient (Wildman–Crippen LogP) is 3.76. The van der Waals surface area contributed by atoms with Crippen LogP contribution in [0.1, 0.15) is 16.2 Å². The van der Waals surface area contributed by atoms with Crippen LogP contribution in [0.15, 0.2) is 66.7 Å². The maximum atomic E-state index is 13.8. The van der Waals surface area contributed by atoms with Crippen LogP contribution in [0.5, 0.6) is 5.75 Å². The number of ether oxygens (including phenoxy) is 1. The van der Waals surface area contributed by atoms with Gasteiger partial charge in [0.25, 0.3) is 5.91 Å². The minimum atomic E-state index is -1.14. The SMILES string of the molecule is O=C(O)CNC(=O)c1nc2cc(-c3cccc(OCc4ccccc4F)c3)ccc2[nH]1. The molecule has 0 bridgehead atoms. The van der Waals surface area contributed by atoms with E-state index in [4.69, 9.17) is 9.84 Å². The predicted molar refractivity (Wildman–Crippen MR) is 112 cm³/mol. The first-order valence-corrected chi connectivity index (χ1v) is 9.46. The van der Waals surface area contributed by atoms with Gasteiger partial charge >= 0.3 is 5.97 Å². The zero-order chi connectivity index (χ0) is 21.8. The van der Waals surface area contributed by atoms with Crippen LogP contribution >= 0.6 is 0 Å². The van der Waals surface area contributed by atoms with Crippen LogP contribution in [0.3, 0.4) is 0 Å². The molecular weight excluding hydrogens is 401 g/mol. The quantitative estimate of drug-likeness (QED) is 0.423. The number of halogens is 1. The van der Waals surface area contributed by atoms with Crippen molar-refractivity contribution in [2.24, 2.45) is 0 Å². The third-order valence-electron chi connectivity index (χ3n) is 4.62. The molecule has 0 saturated carbocycles. The van der Waals surface area contributed by atoms with Gasteiger partial charge in [0.05, 0.1) is 11.0 Å². The molecular formula is C23H18FN3O4. The number of fused-ring (bicyclic) bond motifs is 1. The van der Waals surface area contributed by atoms with Gasteiger partial charge in [0.2, 0.25) is 0 Å². The maximum Gasteiger partial charge on any atom is 0.322 e. The molecule has 3 aromatic carbocycles. The molecule has 0 atom stereocenters. The van der Waals surface area contributed by atoms with E-state index in [0.29, 0.717) is 22.3 Å². The van der Waals surface area contributed by atoms with Crippen LogP contribution in [0.2, 0.25) is 0 Å². The average Bonchev–Trinajstić information content (AvgIpc) is 3.20. The van der Waals surface area contributed by atoms with Gasteiger partial charge in [-0.05, 0) is 41.5 Å². The Hall–Kier alpha value is -4.20. The van der Waals surface area contributed by atoms with E-state index in [0.717, 1.165) is 11.1 Å². The molecule has 31 heavy (non-hydrogen) atoms. The Kier molecular flexibility index (Phi) is 5.61. The Morgan fingerprint density at radius 3 is 2.65 bits per heavy atom. The summed E-state index contributed by atoms with van der Waals surface area (Å²) in [4.78, 5) is 29.8. The summed E-state index contributed by atoms with van der Waals surface area (Å²) in [6, 6.07) is 19.3. The highest BCUT2D eigenvalue weighted by Gasteiger charge is 2.13. The number of rotatable bonds is 7. The molecule has 0 spiro atoms. The van der Waals surface area contributed by atoms with Crippen LogP contribution in [-0.2, 0) is 11.4 Å². The number of carbonyl (C=O) groups excluding carboxylic acids is 1. The number of carboxylic acid groups (broad SMARTS) is 1. The molecule has 156 valence electrons. The molecule has 0 saturated heterocycles. The van der Waals surface area contributed by atoms with Gasteiger partial charge in [-0.3, -0.25) is 9.59 Å². The van der Waals surface area contributed by atoms with Crippen LogP contribution in [0, 0.1) is 5.82 Å². The van der Waals surface area contributed by atoms with Gasteiger partial charge in [0.15, 0.2) is 5.82 Å². The smallest absolute Gasteiger partial charge is 0.322 e. The molecule has 0 unspecified atom stereocenters.